The van der Waals surface area contributed by atoms with Crippen LogP contribution >= 0.6 is 0 Å². The summed E-state index contributed by atoms with van der Waals surface area (Å²) in [6, 6.07) is 9.75. The van der Waals surface area contributed by atoms with Gasteiger partial charge in [-0.3, -0.25) is 9.48 Å². The van der Waals surface area contributed by atoms with Gasteiger partial charge in [0.05, 0.1) is 24.6 Å². The Labute approximate surface area is 153 Å². The van der Waals surface area contributed by atoms with Crippen LogP contribution in [0, 0.1) is 13.8 Å². The summed E-state index contributed by atoms with van der Waals surface area (Å²) >= 11 is 0. The lowest BCUT2D eigenvalue weighted by Gasteiger charge is -2.10. The zero-order valence-corrected chi connectivity index (χ0v) is 15.4. The fourth-order valence-corrected chi connectivity index (χ4v) is 2.99. The molecule has 2 heterocycles. The Balaban J connectivity index is 1.56. The number of aromatic nitrogens is 2. The average Bonchev–Trinajstić information content (AvgIpc) is 3.25. The number of ether oxygens (including phenoxy) is 1. The number of amides is 1. The molecule has 1 aromatic heterocycles. The summed E-state index contributed by atoms with van der Waals surface area (Å²) < 4.78 is 7.01. The molecular formula is C19H24N4O3. The van der Waals surface area contributed by atoms with Gasteiger partial charge in [0.2, 0.25) is 6.10 Å². The molecule has 1 aliphatic rings. The van der Waals surface area contributed by atoms with Gasteiger partial charge in [-0.2, -0.15) is 5.10 Å². The molecular weight excluding hydrogens is 332 g/mol. The predicted octanol–water partition coefficient (Wildman–Crippen LogP) is 1.96. The molecule has 7 nitrogen and oxygen atoms in total. The number of rotatable bonds is 7. The standard InChI is InChI=1S/C19H24N4O3/c1-13-16(14(2)23(21-13)9-10-25-3)12-20-19(24)18-11-17(22-26-18)15-7-5-4-6-8-15/h4-8,18H,9-12H2,1-3H3,(H,20,24)/t18-/m0/s1. The lowest BCUT2D eigenvalue weighted by molar-refractivity contribution is -0.131. The maximum atomic E-state index is 12.4. The summed E-state index contributed by atoms with van der Waals surface area (Å²) in [6.07, 6.45) is -0.115. The molecule has 0 fully saturated rings. The minimum atomic E-state index is -0.589. The van der Waals surface area contributed by atoms with E-state index in [1.165, 1.54) is 0 Å². The summed E-state index contributed by atoms with van der Waals surface area (Å²) in [7, 11) is 1.67. The number of oxime groups is 1. The number of aryl methyl sites for hydroxylation is 1. The van der Waals surface area contributed by atoms with E-state index < -0.39 is 6.10 Å². The van der Waals surface area contributed by atoms with E-state index in [0.717, 1.165) is 28.2 Å². The molecule has 1 aliphatic heterocycles. The molecule has 1 N–H and O–H groups in total. The largest absolute Gasteiger partial charge is 0.383 e. The van der Waals surface area contributed by atoms with Crippen molar-refractivity contribution in [3.8, 4) is 0 Å². The van der Waals surface area contributed by atoms with E-state index in [2.05, 4.69) is 15.6 Å². The minimum absolute atomic E-state index is 0.164. The molecule has 3 rings (SSSR count). The van der Waals surface area contributed by atoms with Crippen molar-refractivity contribution in [2.75, 3.05) is 13.7 Å². The zero-order chi connectivity index (χ0) is 18.5. The van der Waals surface area contributed by atoms with E-state index in [1.54, 1.807) is 7.11 Å². The molecule has 7 heteroatoms. The zero-order valence-electron chi connectivity index (χ0n) is 15.4. The van der Waals surface area contributed by atoms with Crippen LogP contribution in [0.5, 0.6) is 0 Å². The first-order valence-electron chi connectivity index (χ1n) is 8.67. The van der Waals surface area contributed by atoms with E-state index in [1.807, 2.05) is 48.9 Å². The Hall–Kier alpha value is -2.67. The summed E-state index contributed by atoms with van der Waals surface area (Å²) in [5.74, 6) is -0.164. The van der Waals surface area contributed by atoms with Gasteiger partial charge in [-0.05, 0) is 19.4 Å². The van der Waals surface area contributed by atoms with Gasteiger partial charge in [-0.25, -0.2) is 0 Å². The Kier molecular flexibility index (Phi) is 5.68. The van der Waals surface area contributed by atoms with Crippen molar-refractivity contribution in [1.82, 2.24) is 15.1 Å². The Bertz CT molecular complexity index is 799. The van der Waals surface area contributed by atoms with E-state index in [0.29, 0.717) is 26.1 Å². The summed E-state index contributed by atoms with van der Waals surface area (Å²) in [5, 5.41) is 11.5. The van der Waals surface area contributed by atoms with Gasteiger partial charge in [-0.15, -0.1) is 0 Å². The fourth-order valence-electron chi connectivity index (χ4n) is 2.99. The molecule has 0 spiro atoms. The van der Waals surface area contributed by atoms with E-state index in [-0.39, 0.29) is 5.91 Å². The molecule has 0 saturated heterocycles. The summed E-state index contributed by atoms with van der Waals surface area (Å²) in [5.41, 5.74) is 4.75. The summed E-state index contributed by atoms with van der Waals surface area (Å²) in [6.45, 7) is 5.66. The topological polar surface area (TPSA) is 77.7 Å². The van der Waals surface area contributed by atoms with E-state index in [9.17, 15) is 4.79 Å². The third-order valence-corrected chi connectivity index (χ3v) is 4.55. The van der Waals surface area contributed by atoms with Gasteiger partial charge in [0.25, 0.3) is 5.91 Å². The molecule has 1 atom stereocenters. The second kappa shape index (κ2) is 8.14. The molecule has 1 amide bonds. The SMILES string of the molecule is COCCn1nc(C)c(CNC(=O)[C@@H]2CC(c3ccccc3)=NO2)c1C. The van der Waals surface area contributed by atoms with Crippen LogP contribution in [0.25, 0.3) is 0 Å². The van der Waals surface area contributed by atoms with Crippen LogP contribution < -0.4 is 5.32 Å². The number of carbonyl (C=O) groups excluding carboxylic acids is 1. The van der Waals surface area contributed by atoms with Crippen LogP contribution in [-0.4, -0.2) is 41.2 Å². The van der Waals surface area contributed by atoms with Crippen LogP contribution in [0.15, 0.2) is 35.5 Å². The van der Waals surface area contributed by atoms with Crippen molar-refractivity contribution in [2.24, 2.45) is 5.16 Å². The van der Waals surface area contributed by atoms with Gasteiger partial charge in [0, 0.05) is 31.3 Å². The molecule has 0 unspecified atom stereocenters. The highest BCUT2D eigenvalue weighted by Gasteiger charge is 2.29. The Morgan fingerprint density at radius 1 is 1.35 bits per heavy atom. The first-order chi connectivity index (χ1) is 12.6. The Morgan fingerprint density at radius 2 is 2.12 bits per heavy atom. The first-order valence-corrected chi connectivity index (χ1v) is 8.67. The molecule has 0 bridgehead atoms. The smallest absolute Gasteiger partial charge is 0.264 e. The molecule has 0 aliphatic carbocycles. The highest BCUT2D eigenvalue weighted by atomic mass is 16.6. The number of nitrogens with one attached hydrogen (secondary N) is 1. The average molecular weight is 356 g/mol. The Morgan fingerprint density at radius 3 is 2.85 bits per heavy atom. The number of methoxy groups -OCH3 is 1. The quantitative estimate of drug-likeness (QED) is 0.823. The molecule has 0 saturated carbocycles. The number of carbonyl (C=O) groups is 1. The maximum Gasteiger partial charge on any atom is 0.264 e. The summed E-state index contributed by atoms with van der Waals surface area (Å²) in [4.78, 5) is 17.8. The van der Waals surface area contributed by atoms with Crippen molar-refractivity contribution >= 4 is 11.6 Å². The number of hydrogen-bond donors (Lipinski definition) is 1. The fraction of sp³-hybridized carbons (Fsp3) is 0.421. The van der Waals surface area contributed by atoms with Crippen LogP contribution in [-0.2, 0) is 27.5 Å². The van der Waals surface area contributed by atoms with Crippen molar-refractivity contribution in [1.29, 1.82) is 0 Å². The molecule has 138 valence electrons. The monoisotopic (exact) mass is 356 g/mol. The van der Waals surface area contributed by atoms with Crippen LogP contribution in [0.3, 0.4) is 0 Å². The van der Waals surface area contributed by atoms with Gasteiger partial charge in [-0.1, -0.05) is 35.5 Å². The van der Waals surface area contributed by atoms with E-state index >= 15 is 0 Å². The third kappa shape index (κ3) is 3.94. The lowest BCUT2D eigenvalue weighted by atomic mass is 10.0. The van der Waals surface area contributed by atoms with Crippen LogP contribution in [0.1, 0.15) is 28.9 Å². The second-order valence-electron chi connectivity index (χ2n) is 6.29. The predicted molar refractivity (Wildman–Crippen MR) is 97.9 cm³/mol. The molecule has 0 radical (unpaired) electrons. The highest BCUT2D eigenvalue weighted by Crippen LogP contribution is 2.17. The number of benzene rings is 1. The molecule has 2 aromatic rings. The second-order valence-corrected chi connectivity index (χ2v) is 6.29. The lowest BCUT2D eigenvalue weighted by Crippen LogP contribution is -2.34. The number of nitrogens with zero attached hydrogens (tertiary/aromatic N) is 3. The van der Waals surface area contributed by atoms with Crippen LogP contribution in [0.2, 0.25) is 0 Å². The molecule has 26 heavy (non-hydrogen) atoms. The minimum Gasteiger partial charge on any atom is -0.383 e. The van der Waals surface area contributed by atoms with Gasteiger partial charge in [0.15, 0.2) is 0 Å². The highest BCUT2D eigenvalue weighted by molar-refractivity contribution is 6.04. The van der Waals surface area contributed by atoms with Gasteiger partial charge >= 0.3 is 0 Å². The van der Waals surface area contributed by atoms with Crippen molar-refractivity contribution in [3.63, 3.8) is 0 Å². The van der Waals surface area contributed by atoms with Crippen molar-refractivity contribution in [2.45, 2.75) is 39.5 Å². The van der Waals surface area contributed by atoms with Crippen LogP contribution in [0.4, 0.5) is 0 Å². The molecule has 1 aromatic carbocycles. The normalized spacial score (nSPS) is 16.3. The van der Waals surface area contributed by atoms with E-state index in [4.69, 9.17) is 9.57 Å². The van der Waals surface area contributed by atoms with Gasteiger partial charge in [0.1, 0.15) is 0 Å². The number of hydrogen-bond acceptors (Lipinski definition) is 5. The van der Waals surface area contributed by atoms with Crippen molar-refractivity contribution in [3.05, 3.63) is 52.8 Å². The third-order valence-electron chi connectivity index (χ3n) is 4.55. The van der Waals surface area contributed by atoms with Gasteiger partial charge < -0.3 is 14.9 Å². The van der Waals surface area contributed by atoms with Crippen molar-refractivity contribution < 1.29 is 14.4 Å². The first kappa shape index (κ1) is 18.1. The maximum absolute atomic E-state index is 12.4.